The third-order valence-electron chi connectivity index (χ3n) is 7.03. The summed E-state index contributed by atoms with van der Waals surface area (Å²) in [5.74, 6) is 1.06. The number of nitrogens with one attached hydrogen (secondary N) is 1. The predicted octanol–water partition coefficient (Wildman–Crippen LogP) is 5.05. The van der Waals surface area contributed by atoms with Gasteiger partial charge in [-0.2, -0.15) is 0 Å². The first-order valence-corrected chi connectivity index (χ1v) is 16.8. The Labute approximate surface area is 262 Å². The number of methoxy groups -OCH3 is 1. The first kappa shape index (κ1) is 34.4. The molecule has 1 N–H and O–H groups in total. The van der Waals surface area contributed by atoms with Gasteiger partial charge in [-0.25, -0.2) is 8.42 Å². The minimum absolute atomic E-state index is 0.0514. The van der Waals surface area contributed by atoms with Crippen molar-refractivity contribution in [1.82, 2.24) is 10.2 Å². The van der Waals surface area contributed by atoms with Crippen molar-refractivity contribution < 1.29 is 27.5 Å². The van der Waals surface area contributed by atoms with Gasteiger partial charge in [-0.1, -0.05) is 56.3 Å². The summed E-state index contributed by atoms with van der Waals surface area (Å²) in [6.45, 7) is 7.20. The van der Waals surface area contributed by atoms with Gasteiger partial charge in [0.05, 0.1) is 25.7 Å². The van der Waals surface area contributed by atoms with Crippen molar-refractivity contribution in [3.63, 3.8) is 0 Å². The zero-order valence-electron chi connectivity index (χ0n) is 26.4. The largest absolute Gasteiger partial charge is 0.497 e. The fraction of sp³-hybridized carbons (Fsp3) is 0.412. The van der Waals surface area contributed by atoms with Crippen molar-refractivity contribution in [1.29, 1.82) is 0 Å². The Morgan fingerprint density at radius 3 is 2.20 bits per heavy atom. The number of ether oxygens (including phenoxy) is 2. The number of carbonyl (C=O) groups is 2. The van der Waals surface area contributed by atoms with Crippen LogP contribution in [-0.4, -0.2) is 64.2 Å². The zero-order valence-corrected chi connectivity index (χ0v) is 27.2. The molecule has 3 aromatic rings. The molecule has 0 aliphatic carbocycles. The standard InChI is InChI=1S/C34H45N3O6S/c1-6-43-30-19-17-29(18-20-30)37(44(5,40)41)21-11-16-33(38)36(25-28-14-10-15-31(22-28)42-4)32(34(39)35-24-26(2)3)23-27-12-8-7-9-13-27/h7-10,12-15,17-20,22,26,32H,6,11,16,21,23-25H2,1-5H3,(H,35,39). The van der Waals surface area contributed by atoms with Gasteiger partial charge in [0.15, 0.2) is 0 Å². The van der Waals surface area contributed by atoms with Crippen LogP contribution >= 0.6 is 0 Å². The fourth-order valence-corrected chi connectivity index (χ4v) is 5.79. The summed E-state index contributed by atoms with van der Waals surface area (Å²) >= 11 is 0. The smallest absolute Gasteiger partial charge is 0.243 e. The Kier molecular flexibility index (Phi) is 13.1. The van der Waals surface area contributed by atoms with Crippen LogP contribution in [0.25, 0.3) is 0 Å². The molecule has 3 aromatic carbocycles. The molecule has 0 aliphatic heterocycles. The first-order chi connectivity index (χ1) is 21.0. The lowest BCUT2D eigenvalue weighted by Gasteiger charge is -2.32. The number of nitrogens with zero attached hydrogens (tertiary/aromatic N) is 2. The number of hydrogen-bond acceptors (Lipinski definition) is 6. The van der Waals surface area contributed by atoms with Crippen LogP contribution < -0.4 is 19.1 Å². The van der Waals surface area contributed by atoms with Gasteiger partial charge in [-0.3, -0.25) is 13.9 Å². The summed E-state index contributed by atoms with van der Waals surface area (Å²) in [6.07, 6.45) is 1.80. The number of carbonyl (C=O) groups excluding carboxylic acids is 2. The predicted molar refractivity (Wildman–Crippen MR) is 174 cm³/mol. The number of benzene rings is 3. The van der Waals surface area contributed by atoms with E-state index in [9.17, 15) is 18.0 Å². The lowest BCUT2D eigenvalue weighted by molar-refractivity contribution is -0.141. The van der Waals surface area contributed by atoms with Crippen molar-refractivity contribution in [2.75, 3.05) is 37.4 Å². The SMILES string of the molecule is CCOc1ccc(N(CCCC(=O)N(Cc2cccc(OC)c2)C(Cc2ccccc2)C(=O)NCC(C)C)S(C)(=O)=O)cc1. The second-order valence-electron chi connectivity index (χ2n) is 11.1. The van der Waals surface area contributed by atoms with Crippen molar-refractivity contribution in [2.45, 2.75) is 52.6 Å². The van der Waals surface area contributed by atoms with Crippen LogP contribution in [0, 0.1) is 5.92 Å². The molecular weight excluding hydrogens is 578 g/mol. The van der Waals surface area contributed by atoms with Crippen LogP contribution in [0.15, 0.2) is 78.9 Å². The summed E-state index contributed by atoms with van der Waals surface area (Å²) in [7, 11) is -2.03. The summed E-state index contributed by atoms with van der Waals surface area (Å²) < 4.78 is 37.6. The monoisotopic (exact) mass is 623 g/mol. The summed E-state index contributed by atoms with van der Waals surface area (Å²) in [4.78, 5) is 29.3. The molecule has 1 unspecified atom stereocenters. The summed E-state index contributed by atoms with van der Waals surface area (Å²) in [5, 5.41) is 3.02. The number of rotatable bonds is 17. The molecule has 44 heavy (non-hydrogen) atoms. The van der Waals surface area contributed by atoms with Gasteiger partial charge >= 0.3 is 0 Å². The Morgan fingerprint density at radius 2 is 1.59 bits per heavy atom. The second kappa shape index (κ2) is 16.7. The molecule has 0 spiro atoms. The normalized spacial score (nSPS) is 12.0. The van der Waals surface area contributed by atoms with E-state index in [1.807, 2.05) is 75.4 Å². The number of anilines is 1. The molecule has 0 radical (unpaired) electrons. The van der Waals surface area contributed by atoms with Gasteiger partial charge in [-0.15, -0.1) is 0 Å². The topological polar surface area (TPSA) is 105 Å². The molecule has 238 valence electrons. The third kappa shape index (κ3) is 10.6. The second-order valence-corrected chi connectivity index (χ2v) is 13.0. The molecule has 0 aromatic heterocycles. The Bertz CT molecular complexity index is 1450. The average molecular weight is 624 g/mol. The maximum atomic E-state index is 14.0. The van der Waals surface area contributed by atoms with E-state index in [-0.39, 0.29) is 43.7 Å². The zero-order chi connectivity index (χ0) is 32.1. The van der Waals surface area contributed by atoms with Gasteiger partial charge in [0.25, 0.3) is 0 Å². The Morgan fingerprint density at radius 1 is 0.909 bits per heavy atom. The average Bonchev–Trinajstić information content (AvgIpc) is 3.00. The fourth-order valence-electron chi connectivity index (χ4n) is 4.82. The van der Waals surface area contributed by atoms with E-state index in [1.165, 1.54) is 4.31 Å². The third-order valence-corrected chi connectivity index (χ3v) is 8.22. The van der Waals surface area contributed by atoms with Crippen LogP contribution in [-0.2, 0) is 32.6 Å². The van der Waals surface area contributed by atoms with Crippen molar-refractivity contribution >= 4 is 27.5 Å². The molecule has 3 rings (SSSR count). The van der Waals surface area contributed by atoms with Crippen LogP contribution in [0.4, 0.5) is 5.69 Å². The molecule has 0 bridgehead atoms. The van der Waals surface area contributed by atoms with E-state index in [1.54, 1.807) is 36.3 Å². The minimum Gasteiger partial charge on any atom is -0.497 e. The Balaban J connectivity index is 1.88. The van der Waals surface area contributed by atoms with Gasteiger partial charge in [-0.05, 0) is 66.8 Å². The van der Waals surface area contributed by atoms with E-state index < -0.39 is 16.1 Å². The van der Waals surface area contributed by atoms with E-state index in [0.717, 1.165) is 17.4 Å². The quantitative estimate of drug-likeness (QED) is 0.226. The minimum atomic E-state index is -3.61. The first-order valence-electron chi connectivity index (χ1n) is 15.0. The van der Waals surface area contributed by atoms with Gasteiger partial charge < -0.3 is 19.7 Å². The van der Waals surface area contributed by atoms with Crippen LogP contribution in [0.3, 0.4) is 0 Å². The highest BCUT2D eigenvalue weighted by molar-refractivity contribution is 7.92. The van der Waals surface area contributed by atoms with Gasteiger partial charge in [0, 0.05) is 32.5 Å². The van der Waals surface area contributed by atoms with Crippen molar-refractivity contribution in [2.24, 2.45) is 5.92 Å². The molecule has 0 heterocycles. The Hall–Kier alpha value is -4.05. The molecule has 0 saturated heterocycles. The van der Waals surface area contributed by atoms with Crippen LogP contribution in [0.5, 0.6) is 11.5 Å². The highest BCUT2D eigenvalue weighted by atomic mass is 32.2. The molecule has 0 saturated carbocycles. The summed E-state index contributed by atoms with van der Waals surface area (Å²) in [5.41, 5.74) is 2.24. The molecule has 1 atom stereocenters. The molecule has 0 fully saturated rings. The van der Waals surface area contributed by atoms with Crippen LogP contribution in [0.1, 0.15) is 44.7 Å². The van der Waals surface area contributed by atoms with Crippen molar-refractivity contribution in [3.8, 4) is 11.5 Å². The lowest BCUT2D eigenvalue weighted by atomic mass is 10.0. The van der Waals surface area contributed by atoms with E-state index >= 15 is 0 Å². The van der Waals surface area contributed by atoms with E-state index in [4.69, 9.17) is 9.47 Å². The van der Waals surface area contributed by atoms with Crippen molar-refractivity contribution in [3.05, 3.63) is 90.0 Å². The highest BCUT2D eigenvalue weighted by Crippen LogP contribution is 2.23. The molecule has 9 nitrogen and oxygen atoms in total. The number of hydrogen-bond donors (Lipinski definition) is 1. The molecular formula is C34H45N3O6S. The molecule has 10 heteroatoms. The lowest BCUT2D eigenvalue weighted by Crippen LogP contribution is -2.51. The van der Waals surface area contributed by atoms with E-state index in [2.05, 4.69) is 5.32 Å². The molecule has 2 amide bonds. The maximum absolute atomic E-state index is 14.0. The maximum Gasteiger partial charge on any atom is 0.243 e. The van der Waals surface area contributed by atoms with Gasteiger partial charge in [0.1, 0.15) is 17.5 Å². The number of amides is 2. The van der Waals surface area contributed by atoms with E-state index in [0.29, 0.717) is 36.8 Å². The highest BCUT2D eigenvalue weighted by Gasteiger charge is 2.30. The number of sulfonamides is 1. The summed E-state index contributed by atoms with van der Waals surface area (Å²) in [6, 6.07) is 23.1. The molecule has 0 aliphatic rings. The van der Waals surface area contributed by atoms with Gasteiger partial charge in [0.2, 0.25) is 21.8 Å². The van der Waals surface area contributed by atoms with Crippen LogP contribution in [0.2, 0.25) is 0 Å².